The van der Waals surface area contributed by atoms with Gasteiger partial charge in [-0.15, -0.1) is 0 Å². The fourth-order valence-electron chi connectivity index (χ4n) is 3.72. The van der Waals surface area contributed by atoms with Crippen molar-refractivity contribution in [1.29, 1.82) is 0 Å². The van der Waals surface area contributed by atoms with Crippen LogP contribution in [0.5, 0.6) is 0 Å². The molecule has 0 bridgehead atoms. The van der Waals surface area contributed by atoms with Crippen LogP contribution in [0.4, 0.5) is 5.69 Å². The first kappa shape index (κ1) is 21.5. The summed E-state index contributed by atoms with van der Waals surface area (Å²) in [4.78, 5) is 27.2. The molecule has 1 N–H and O–H groups in total. The summed E-state index contributed by atoms with van der Waals surface area (Å²) < 4.78 is 3.33. The highest BCUT2D eigenvalue weighted by molar-refractivity contribution is 14.1. The number of rotatable bonds is 3. The molecule has 0 spiro atoms. The Morgan fingerprint density at radius 1 is 0.968 bits per heavy atom. The van der Waals surface area contributed by atoms with E-state index in [9.17, 15) is 9.59 Å². The molecule has 2 heterocycles. The van der Waals surface area contributed by atoms with E-state index < -0.39 is 11.8 Å². The van der Waals surface area contributed by atoms with Crippen molar-refractivity contribution >= 4 is 63.5 Å². The number of aryl methyl sites for hydroxylation is 2. The van der Waals surface area contributed by atoms with Gasteiger partial charge in [-0.3, -0.25) is 19.8 Å². The number of aromatic nitrogens is 1. The Kier molecular flexibility index (Phi) is 5.81. The quantitative estimate of drug-likeness (QED) is 0.224. The van der Waals surface area contributed by atoms with E-state index in [1.165, 1.54) is 14.0 Å². The minimum absolute atomic E-state index is 0.0523. The third-order valence-electron chi connectivity index (χ3n) is 5.29. The van der Waals surface area contributed by atoms with E-state index >= 15 is 0 Å². The van der Waals surface area contributed by atoms with E-state index in [0.29, 0.717) is 5.69 Å². The molecule has 1 saturated heterocycles. The fraction of sp³-hybridized carbons (Fsp3) is 0.125. The van der Waals surface area contributed by atoms with Crippen LogP contribution in [0.2, 0.25) is 0 Å². The maximum atomic E-state index is 13.2. The van der Waals surface area contributed by atoms with Crippen LogP contribution in [0, 0.1) is 24.3 Å². The molecule has 2 amide bonds. The van der Waals surface area contributed by atoms with Crippen LogP contribution in [-0.2, 0) is 9.59 Å². The molecule has 0 saturated carbocycles. The molecule has 0 radical (unpaired) electrons. The zero-order valence-corrected chi connectivity index (χ0v) is 20.2. The normalized spacial score (nSPS) is 15.5. The Bertz CT molecular complexity index is 1260. The largest absolute Gasteiger partial charge is 0.318 e. The SMILES string of the molecule is Cc1cc(-n2c(C)cc(/C=C3\C(=O)NC(=S)N(c4ccccc4)C3=O)c2C)ccc1I. The highest BCUT2D eigenvalue weighted by atomic mass is 127. The van der Waals surface area contributed by atoms with Gasteiger partial charge in [-0.2, -0.15) is 0 Å². The van der Waals surface area contributed by atoms with Crippen molar-refractivity contribution < 1.29 is 9.59 Å². The van der Waals surface area contributed by atoms with Crippen LogP contribution < -0.4 is 10.2 Å². The first-order valence-electron chi connectivity index (χ1n) is 9.70. The minimum Gasteiger partial charge on any atom is -0.318 e. The Hall–Kier alpha value is -2.78. The Balaban J connectivity index is 1.77. The zero-order valence-electron chi connectivity index (χ0n) is 17.3. The van der Waals surface area contributed by atoms with E-state index in [0.717, 1.165) is 22.6 Å². The van der Waals surface area contributed by atoms with Gasteiger partial charge in [0.25, 0.3) is 11.8 Å². The first-order valence-corrected chi connectivity index (χ1v) is 11.2. The van der Waals surface area contributed by atoms with Crippen LogP contribution in [0.15, 0.2) is 60.2 Å². The smallest absolute Gasteiger partial charge is 0.270 e. The van der Waals surface area contributed by atoms with Crippen molar-refractivity contribution in [1.82, 2.24) is 9.88 Å². The van der Waals surface area contributed by atoms with E-state index in [4.69, 9.17) is 12.2 Å². The molecule has 0 unspecified atom stereocenters. The standard InChI is InChI=1S/C24H20IN3O2S/c1-14-11-19(9-10-21(14)25)27-15(2)12-17(16(27)3)13-20-22(29)26-24(31)28(23(20)30)18-7-5-4-6-8-18/h4-13H,1-3H3,(H,26,29,31)/b20-13+. The number of halogens is 1. The van der Waals surface area contributed by atoms with Gasteiger partial charge < -0.3 is 4.57 Å². The second kappa shape index (κ2) is 8.39. The van der Waals surface area contributed by atoms with Gasteiger partial charge in [0, 0.05) is 20.6 Å². The summed E-state index contributed by atoms with van der Waals surface area (Å²) in [5.41, 5.74) is 5.69. The van der Waals surface area contributed by atoms with Crippen molar-refractivity contribution in [2.24, 2.45) is 0 Å². The lowest BCUT2D eigenvalue weighted by Crippen LogP contribution is -2.54. The molecular formula is C24H20IN3O2S. The summed E-state index contributed by atoms with van der Waals surface area (Å²) >= 11 is 7.58. The van der Waals surface area contributed by atoms with Crippen molar-refractivity contribution in [2.75, 3.05) is 4.90 Å². The van der Waals surface area contributed by atoms with Gasteiger partial charge in [0.1, 0.15) is 5.57 Å². The van der Waals surface area contributed by atoms with Crippen LogP contribution in [0.3, 0.4) is 0 Å². The molecule has 7 heteroatoms. The number of anilines is 1. The topological polar surface area (TPSA) is 54.3 Å². The second-order valence-corrected chi connectivity index (χ2v) is 8.94. The minimum atomic E-state index is -0.489. The van der Waals surface area contributed by atoms with Crippen molar-refractivity contribution in [3.8, 4) is 5.69 Å². The fourth-order valence-corrected chi connectivity index (χ4v) is 4.34. The molecule has 1 aliphatic heterocycles. The molecule has 156 valence electrons. The summed E-state index contributed by atoms with van der Waals surface area (Å²) in [5.74, 6) is -0.924. The Labute approximate surface area is 199 Å². The summed E-state index contributed by atoms with van der Waals surface area (Å²) in [7, 11) is 0. The summed E-state index contributed by atoms with van der Waals surface area (Å²) in [6, 6.07) is 17.3. The number of nitrogens with one attached hydrogen (secondary N) is 1. The maximum Gasteiger partial charge on any atom is 0.270 e. The molecule has 31 heavy (non-hydrogen) atoms. The number of nitrogens with zero attached hydrogens (tertiary/aromatic N) is 2. The summed E-state index contributed by atoms with van der Waals surface area (Å²) in [5, 5.41) is 2.72. The first-order chi connectivity index (χ1) is 14.8. The lowest BCUT2D eigenvalue weighted by Gasteiger charge is -2.28. The van der Waals surface area contributed by atoms with E-state index in [2.05, 4.69) is 57.6 Å². The van der Waals surface area contributed by atoms with Crippen molar-refractivity contribution in [3.63, 3.8) is 0 Å². The van der Waals surface area contributed by atoms with Crippen LogP contribution in [0.1, 0.15) is 22.5 Å². The summed E-state index contributed by atoms with van der Waals surface area (Å²) in [6.45, 7) is 6.07. The number of para-hydroxylation sites is 1. The zero-order chi connectivity index (χ0) is 22.3. The van der Waals surface area contributed by atoms with Crippen LogP contribution in [0.25, 0.3) is 11.8 Å². The van der Waals surface area contributed by atoms with Gasteiger partial charge in [0.15, 0.2) is 5.11 Å². The van der Waals surface area contributed by atoms with Gasteiger partial charge in [-0.1, -0.05) is 18.2 Å². The number of carbonyl (C=O) groups excluding carboxylic acids is 2. The highest BCUT2D eigenvalue weighted by Gasteiger charge is 2.34. The summed E-state index contributed by atoms with van der Waals surface area (Å²) in [6.07, 6.45) is 1.65. The molecule has 2 aromatic carbocycles. The molecular weight excluding hydrogens is 521 g/mol. The van der Waals surface area contributed by atoms with Gasteiger partial charge in [-0.25, -0.2) is 0 Å². The molecule has 1 aromatic heterocycles. The monoisotopic (exact) mass is 541 g/mol. The lowest BCUT2D eigenvalue weighted by atomic mass is 10.1. The maximum absolute atomic E-state index is 13.2. The second-order valence-electron chi connectivity index (χ2n) is 7.39. The molecule has 4 rings (SSSR count). The molecule has 5 nitrogen and oxygen atoms in total. The van der Waals surface area contributed by atoms with Crippen molar-refractivity contribution in [2.45, 2.75) is 20.8 Å². The number of carbonyl (C=O) groups is 2. The van der Waals surface area contributed by atoms with E-state index in [1.807, 2.05) is 38.1 Å². The number of hydrogen-bond acceptors (Lipinski definition) is 3. The molecule has 0 atom stereocenters. The van der Waals surface area contributed by atoms with Gasteiger partial charge >= 0.3 is 0 Å². The van der Waals surface area contributed by atoms with Crippen molar-refractivity contribution in [3.05, 3.63) is 86.3 Å². The third kappa shape index (κ3) is 3.95. The predicted octanol–water partition coefficient (Wildman–Crippen LogP) is 4.84. The number of benzene rings is 2. The molecule has 3 aromatic rings. The molecule has 1 aliphatic rings. The molecule has 0 aliphatic carbocycles. The highest BCUT2D eigenvalue weighted by Crippen LogP contribution is 2.27. The average molecular weight is 541 g/mol. The number of hydrogen-bond donors (Lipinski definition) is 1. The average Bonchev–Trinajstić information content (AvgIpc) is 3.01. The van der Waals surface area contributed by atoms with Gasteiger partial charge in [0.05, 0.1) is 5.69 Å². The van der Waals surface area contributed by atoms with Gasteiger partial charge in [0.2, 0.25) is 0 Å². The number of amides is 2. The van der Waals surface area contributed by atoms with E-state index in [-0.39, 0.29) is 10.7 Å². The molecule has 1 fully saturated rings. The number of thiocarbonyl (C=S) groups is 1. The predicted molar refractivity (Wildman–Crippen MR) is 135 cm³/mol. The Morgan fingerprint density at radius 3 is 2.35 bits per heavy atom. The van der Waals surface area contributed by atoms with E-state index in [1.54, 1.807) is 18.2 Å². The van der Waals surface area contributed by atoms with Crippen LogP contribution in [-0.4, -0.2) is 21.5 Å². The lowest BCUT2D eigenvalue weighted by molar-refractivity contribution is -0.122. The Morgan fingerprint density at radius 2 is 1.68 bits per heavy atom. The third-order valence-corrected chi connectivity index (χ3v) is 6.78. The van der Waals surface area contributed by atoms with Crippen LogP contribution >= 0.6 is 34.8 Å². The van der Waals surface area contributed by atoms with Gasteiger partial charge in [-0.05, 0) is 109 Å².